The Hall–Kier alpha value is -2.36. The Bertz CT molecular complexity index is 624. The van der Waals surface area contributed by atoms with Gasteiger partial charge in [-0.1, -0.05) is 26.0 Å². The van der Waals surface area contributed by atoms with Gasteiger partial charge in [0.05, 0.1) is 11.4 Å². The van der Waals surface area contributed by atoms with Crippen molar-refractivity contribution in [1.82, 2.24) is 9.78 Å². The van der Waals surface area contributed by atoms with Crippen LogP contribution < -0.4 is 0 Å². The van der Waals surface area contributed by atoms with Crippen LogP contribution in [0.2, 0.25) is 0 Å². The molecule has 0 aliphatic rings. The van der Waals surface area contributed by atoms with Crippen LogP contribution in [0.15, 0.2) is 36.4 Å². The van der Waals surface area contributed by atoms with Gasteiger partial charge in [-0.2, -0.15) is 5.10 Å². The average Bonchev–Trinajstić information content (AvgIpc) is 2.89. The summed E-state index contributed by atoms with van der Waals surface area (Å²) in [6.07, 6.45) is 4.55. The molecule has 0 saturated heterocycles. The maximum Gasteiger partial charge on any atom is 0.328 e. The van der Waals surface area contributed by atoms with E-state index in [1.54, 1.807) is 6.08 Å². The van der Waals surface area contributed by atoms with E-state index in [-0.39, 0.29) is 0 Å². The van der Waals surface area contributed by atoms with Gasteiger partial charge in [-0.15, -0.1) is 0 Å². The van der Waals surface area contributed by atoms with Crippen LogP contribution in [0.1, 0.15) is 30.8 Å². The van der Waals surface area contributed by atoms with Crippen LogP contribution in [-0.4, -0.2) is 20.9 Å². The normalized spacial score (nSPS) is 11.1. The second-order valence-corrected chi connectivity index (χ2v) is 4.51. The third-order valence-corrected chi connectivity index (χ3v) is 3.11. The number of aromatic nitrogens is 2. The molecule has 4 nitrogen and oxygen atoms in total. The van der Waals surface area contributed by atoms with Gasteiger partial charge in [0.2, 0.25) is 0 Å². The SMILES string of the molecule is CCc1cc(CC)n(-c2ccc(/C=C/C(=O)O)cc2)n1. The van der Waals surface area contributed by atoms with Crippen molar-refractivity contribution < 1.29 is 9.90 Å². The molecule has 0 aliphatic heterocycles. The molecule has 1 aromatic carbocycles. The monoisotopic (exact) mass is 270 g/mol. The highest BCUT2D eigenvalue weighted by atomic mass is 16.4. The highest BCUT2D eigenvalue weighted by Gasteiger charge is 2.06. The first-order valence-corrected chi connectivity index (χ1v) is 6.73. The molecule has 104 valence electrons. The van der Waals surface area contributed by atoms with Gasteiger partial charge in [0.1, 0.15) is 0 Å². The van der Waals surface area contributed by atoms with Crippen molar-refractivity contribution in [2.24, 2.45) is 0 Å². The Labute approximate surface area is 118 Å². The van der Waals surface area contributed by atoms with Crippen molar-refractivity contribution in [1.29, 1.82) is 0 Å². The molecule has 2 aromatic rings. The predicted molar refractivity (Wildman–Crippen MR) is 79.0 cm³/mol. The number of rotatable bonds is 5. The second kappa shape index (κ2) is 6.19. The maximum absolute atomic E-state index is 10.5. The molecular formula is C16H18N2O2. The molecule has 1 heterocycles. The number of nitrogens with zero attached hydrogens (tertiary/aromatic N) is 2. The minimum atomic E-state index is -0.943. The molecule has 4 heteroatoms. The van der Waals surface area contributed by atoms with E-state index in [1.165, 1.54) is 5.69 Å². The smallest absolute Gasteiger partial charge is 0.328 e. The summed E-state index contributed by atoms with van der Waals surface area (Å²) in [6, 6.07) is 9.81. The summed E-state index contributed by atoms with van der Waals surface area (Å²) < 4.78 is 1.95. The van der Waals surface area contributed by atoms with Crippen LogP contribution >= 0.6 is 0 Å². The summed E-state index contributed by atoms with van der Waals surface area (Å²) in [5.74, 6) is -0.943. The van der Waals surface area contributed by atoms with Crippen LogP contribution in [0, 0.1) is 0 Å². The van der Waals surface area contributed by atoms with Gasteiger partial charge in [-0.05, 0) is 42.7 Å². The first kappa shape index (κ1) is 14.1. The molecule has 1 N–H and O–H groups in total. The molecule has 0 radical (unpaired) electrons. The van der Waals surface area contributed by atoms with E-state index >= 15 is 0 Å². The lowest BCUT2D eigenvalue weighted by molar-refractivity contribution is -0.131. The van der Waals surface area contributed by atoms with Crippen LogP contribution in [-0.2, 0) is 17.6 Å². The Morgan fingerprint density at radius 1 is 1.25 bits per heavy atom. The van der Waals surface area contributed by atoms with Crippen molar-refractivity contribution in [2.75, 3.05) is 0 Å². The van der Waals surface area contributed by atoms with E-state index in [0.717, 1.165) is 35.9 Å². The number of carbonyl (C=O) groups is 1. The standard InChI is InChI=1S/C16H18N2O2/c1-3-13-11-14(4-2)18(17-13)15-8-5-12(6-9-15)7-10-16(19)20/h5-11H,3-4H2,1-2H3,(H,19,20)/b10-7+. The quantitative estimate of drug-likeness (QED) is 0.849. The van der Waals surface area contributed by atoms with E-state index in [2.05, 4.69) is 25.0 Å². The van der Waals surface area contributed by atoms with Gasteiger partial charge in [0.25, 0.3) is 0 Å². The molecule has 0 spiro atoms. The van der Waals surface area contributed by atoms with E-state index in [0.29, 0.717) is 0 Å². The summed E-state index contributed by atoms with van der Waals surface area (Å²) in [6.45, 7) is 4.20. The summed E-state index contributed by atoms with van der Waals surface area (Å²) >= 11 is 0. The van der Waals surface area contributed by atoms with E-state index in [4.69, 9.17) is 5.11 Å². The Morgan fingerprint density at radius 2 is 1.95 bits per heavy atom. The number of hydrogen-bond donors (Lipinski definition) is 1. The lowest BCUT2D eigenvalue weighted by atomic mass is 10.2. The number of aryl methyl sites for hydroxylation is 2. The predicted octanol–water partition coefficient (Wildman–Crippen LogP) is 3.09. The number of aliphatic carboxylic acids is 1. The molecule has 0 saturated carbocycles. The number of benzene rings is 1. The van der Waals surface area contributed by atoms with E-state index in [1.807, 2.05) is 28.9 Å². The number of hydrogen-bond acceptors (Lipinski definition) is 2. The Morgan fingerprint density at radius 3 is 2.50 bits per heavy atom. The van der Waals surface area contributed by atoms with Crippen molar-refractivity contribution >= 4 is 12.0 Å². The van der Waals surface area contributed by atoms with Gasteiger partial charge < -0.3 is 5.11 Å². The van der Waals surface area contributed by atoms with Crippen molar-refractivity contribution in [2.45, 2.75) is 26.7 Å². The molecule has 0 fully saturated rings. The highest BCUT2D eigenvalue weighted by Crippen LogP contribution is 2.15. The van der Waals surface area contributed by atoms with E-state index < -0.39 is 5.97 Å². The Balaban J connectivity index is 2.30. The van der Waals surface area contributed by atoms with Crippen LogP contribution in [0.25, 0.3) is 11.8 Å². The zero-order valence-electron chi connectivity index (χ0n) is 11.7. The van der Waals surface area contributed by atoms with Crippen LogP contribution in [0.3, 0.4) is 0 Å². The van der Waals surface area contributed by atoms with Crippen LogP contribution in [0.5, 0.6) is 0 Å². The van der Waals surface area contributed by atoms with Crippen molar-refractivity contribution in [3.63, 3.8) is 0 Å². The maximum atomic E-state index is 10.5. The van der Waals surface area contributed by atoms with Gasteiger partial charge >= 0.3 is 5.97 Å². The average molecular weight is 270 g/mol. The fraction of sp³-hybridized carbons (Fsp3) is 0.250. The molecule has 0 aliphatic carbocycles. The third-order valence-electron chi connectivity index (χ3n) is 3.11. The highest BCUT2D eigenvalue weighted by molar-refractivity contribution is 5.85. The first-order chi connectivity index (χ1) is 9.63. The fourth-order valence-electron chi connectivity index (χ4n) is 2.02. The summed E-state index contributed by atoms with van der Waals surface area (Å²) in [5, 5.41) is 13.2. The zero-order chi connectivity index (χ0) is 14.5. The molecular weight excluding hydrogens is 252 g/mol. The molecule has 0 unspecified atom stereocenters. The van der Waals surface area contributed by atoms with Crippen LogP contribution in [0.4, 0.5) is 0 Å². The topological polar surface area (TPSA) is 55.1 Å². The Kier molecular flexibility index (Phi) is 4.35. The molecule has 2 rings (SSSR count). The van der Waals surface area contributed by atoms with E-state index in [9.17, 15) is 4.79 Å². The molecule has 0 bridgehead atoms. The van der Waals surface area contributed by atoms with Gasteiger partial charge in [-0.3, -0.25) is 0 Å². The lowest BCUT2D eigenvalue weighted by Crippen LogP contribution is -2.01. The first-order valence-electron chi connectivity index (χ1n) is 6.73. The zero-order valence-corrected chi connectivity index (χ0v) is 11.7. The van der Waals surface area contributed by atoms with Crippen molar-refractivity contribution in [3.8, 4) is 5.69 Å². The number of carboxylic acid groups (broad SMARTS) is 1. The summed E-state index contributed by atoms with van der Waals surface area (Å²) in [7, 11) is 0. The lowest BCUT2D eigenvalue weighted by Gasteiger charge is -2.06. The molecule has 0 atom stereocenters. The summed E-state index contributed by atoms with van der Waals surface area (Å²) in [5.41, 5.74) is 4.11. The van der Waals surface area contributed by atoms with Gasteiger partial charge in [-0.25, -0.2) is 9.48 Å². The molecule has 1 aromatic heterocycles. The van der Waals surface area contributed by atoms with Gasteiger partial charge in [0, 0.05) is 11.8 Å². The largest absolute Gasteiger partial charge is 0.478 e. The minimum absolute atomic E-state index is 0.858. The minimum Gasteiger partial charge on any atom is -0.478 e. The van der Waals surface area contributed by atoms with Gasteiger partial charge in [0.15, 0.2) is 0 Å². The number of carboxylic acids is 1. The molecule has 0 amide bonds. The fourth-order valence-corrected chi connectivity index (χ4v) is 2.02. The molecule has 20 heavy (non-hydrogen) atoms. The second-order valence-electron chi connectivity index (χ2n) is 4.51. The van der Waals surface area contributed by atoms with Crippen molar-refractivity contribution in [3.05, 3.63) is 53.4 Å². The third kappa shape index (κ3) is 3.15. The summed E-state index contributed by atoms with van der Waals surface area (Å²) in [4.78, 5) is 10.5.